The van der Waals surface area contributed by atoms with Crippen molar-refractivity contribution in [3.8, 4) is 0 Å². The van der Waals surface area contributed by atoms with Crippen molar-refractivity contribution in [3.63, 3.8) is 0 Å². The molecule has 0 aliphatic carbocycles. The fourth-order valence-corrected chi connectivity index (χ4v) is 0.623. The summed E-state index contributed by atoms with van der Waals surface area (Å²) in [5, 5.41) is 0. The molecular formula is C6H8O3. The largest absolute Gasteiger partial charge is 0.513 e. The van der Waals surface area contributed by atoms with E-state index in [0.29, 0.717) is 18.8 Å². The zero-order valence-corrected chi connectivity index (χ0v) is 5.05. The van der Waals surface area contributed by atoms with E-state index < -0.39 is 6.16 Å². The summed E-state index contributed by atoms with van der Waals surface area (Å²) in [4.78, 5) is 10.4. The van der Waals surface area contributed by atoms with E-state index in [9.17, 15) is 4.79 Å². The molecule has 0 aromatic rings. The molecule has 50 valence electrons. The van der Waals surface area contributed by atoms with Gasteiger partial charge in [0.2, 0.25) is 0 Å². The normalized spacial score (nSPS) is 20.0. The molecule has 0 aromatic heterocycles. The quantitative estimate of drug-likeness (QED) is 0.463. The number of allylic oxidation sites excluding steroid dienone is 1. The zero-order valence-electron chi connectivity index (χ0n) is 5.05. The molecule has 0 amide bonds. The third kappa shape index (κ3) is 1.76. The third-order valence-corrected chi connectivity index (χ3v) is 1.05. The van der Waals surface area contributed by atoms with Crippen molar-refractivity contribution in [3.05, 3.63) is 12.3 Å². The molecule has 0 atom stereocenters. The first-order valence-electron chi connectivity index (χ1n) is 2.81. The minimum atomic E-state index is -0.627. The molecule has 1 saturated heterocycles. The van der Waals surface area contributed by atoms with Gasteiger partial charge in [-0.1, -0.05) is 6.58 Å². The predicted octanol–water partition coefficient (Wildman–Crippen LogP) is 1.45. The van der Waals surface area contributed by atoms with E-state index in [-0.39, 0.29) is 0 Å². The van der Waals surface area contributed by atoms with Crippen LogP contribution < -0.4 is 0 Å². The van der Waals surface area contributed by atoms with E-state index in [1.807, 2.05) is 0 Å². The van der Waals surface area contributed by atoms with Gasteiger partial charge in [-0.25, -0.2) is 4.79 Å². The van der Waals surface area contributed by atoms with Gasteiger partial charge in [-0.15, -0.1) is 0 Å². The lowest BCUT2D eigenvalue weighted by Crippen LogP contribution is -2.01. The number of carbonyl (C=O) groups excluding carboxylic acids is 1. The number of cyclic esters (lactones) is 2. The van der Waals surface area contributed by atoms with Crippen molar-refractivity contribution < 1.29 is 14.3 Å². The highest BCUT2D eigenvalue weighted by atomic mass is 16.7. The van der Waals surface area contributed by atoms with Crippen LogP contribution in [0.25, 0.3) is 0 Å². The van der Waals surface area contributed by atoms with Gasteiger partial charge in [0, 0.05) is 6.42 Å². The molecule has 1 aliphatic rings. The molecule has 0 N–H and O–H groups in total. The van der Waals surface area contributed by atoms with Gasteiger partial charge in [0.25, 0.3) is 0 Å². The Morgan fingerprint density at radius 3 is 3.11 bits per heavy atom. The summed E-state index contributed by atoms with van der Waals surface area (Å²) >= 11 is 0. The molecule has 0 bridgehead atoms. The van der Waals surface area contributed by atoms with Crippen molar-refractivity contribution in [1.82, 2.24) is 0 Å². The summed E-state index contributed by atoms with van der Waals surface area (Å²) in [5.74, 6) is 0.498. The lowest BCUT2D eigenvalue weighted by Gasteiger charge is -1.97. The molecule has 0 spiro atoms. The number of hydrogen-bond acceptors (Lipinski definition) is 3. The topological polar surface area (TPSA) is 35.5 Å². The molecule has 0 aromatic carbocycles. The van der Waals surface area contributed by atoms with Gasteiger partial charge in [0.05, 0.1) is 6.61 Å². The van der Waals surface area contributed by atoms with Crippen molar-refractivity contribution in [1.29, 1.82) is 0 Å². The van der Waals surface area contributed by atoms with Crippen molar-refractivity contribution >= 4 is 6.16 Å². The van der Waals surface area contributed by atoms with E-state index in [4.69, 9.17) is 0 Å². The number of hydrogen-bond donors (Lipinski definition) is 0. The standard InChI is InChI=1S/C6H8O3/c1-5-3-2-4-8-6(7)9-5/h1-4H2. The Morgan fingerprint density at radius 2 is 2.33 bits per heavy atom. The van der Waals surface area contributed by atoms with E-state index in [1.54, 1.807) is 0 Å². The molecule has 0 saturated carbocycles. The van der Waals surface area contributed by atoms with Gasteiger partial charge in [-0.05, 0) is 6.42 Å². The van der Waals surface area contributed by atoms with Gasteiger partial charge in [-0.3, -0.25) is 0 Å². The first-order valence-corrected chi connectivity index (χ1v) is 2.81. The van der Waals surface area contributed by atoms with Crippen LogP contribution in [0.3, 0.4) is 0 Å². The van der Waals surface area contributed by atoms with Crippen molar-refractivity contribution in [2.24, 2.45) is 0 Å². The number of ether oxygens (including phenoxy) is 2. The van der Waals surface area contributed by atoms with Crippen LogP contribution in [-0.2, 0) is 9.47 Å². The van der Waals surface area contributed by atoms with Gasteiger partial charge in [-0.2, -0.15) is 0 Å². The predicted molar refractivity (Wildman–Crippen MR) is 30.8 cm³/mol. The molecule has 9 heavy (non-hydrogen) atoms. The molecule has 1 aliphatic heterocycles. The highest BCUT2D eigenvalue weighted by Gasteiger charge is 2.10. The molecule has 0 unspecified atom stereocenters. The Bertz CT molecular complexity index is 123. The van der Waals surface area contributed by atoms with E-state index in [1.165, 1.54) is 0 Å². The summed E-state index contributed by atoms with van der Waals surface area (Å²) in [7, 11) is 0. The second-order valence-corrected chi connectivity index (χ2v) is 1.84. The maximum Gasteiger partial charge on any atom is 0.513 e. The highest BCUT2D eigenvalue weighted by molar-refractivity contribution is 5.61. The van der Waals surface area contributed by atoms with E-state index >= 15 is 0 Å². The second kappa shape index (κ2) is 2.53. The molecule has 3 heteroatoms. The number of rotatable bonds is 0. The molecule has 1 heterocycles. The summed E-state index contributed by atoms with van der Waals surface area (Å²) in [6.07, 6.45) is 0.897. The fraction of sp³-hybridized carbons (Fsp3) is 0.500. The average molecular weight is 128 g/mol. The van der Waals surface area contributed by atoms with Gasteiger partial charge >= 0.3 is 6.16 Å². The van der Waals surface area contributed by atoms with Crippen LogP contribution in [0.2, 0.25) is 0 Å². The molecule has 1 rings (SSSR count). The molecule has 3 nitrogen and oxygen atoms in total. The fourth-order valence-electron chi connectivity index (χ4n) is 0.623. The Morgan fingerprint density at radius 1 is 1.56 bits per heavy atom. The monoisotopic (exact) mass is 128 g/mol. The van der Waals surface area contributed by atoms with Crippen LogP contribution in [0.1, 0.15) is 12.8 Å². The maximum atomic E-state index is 10.4. The summed E-state index contributed by atoms with van der Waals surface area (Å²) in [6, 6.07) is 0. The average Bonchev–Trinajstić information content (AvgIpc) is 1.93. The lowest BCUT2D eigenvalue weighted by atomic mass is 10.3. The van der Waals surface area contributed by atoms with Crippen molar-refractivity contribution in [2.45, 2.75) is 12.8 Å². The smallest absolute Gasteiger partial charge is 0.434 e. The lowest BCUT2D eigenvalue weighted by molar-refractivity contribution is 0.0890. The summed E-state index contributed by atoms with van der Waals surface area (Å²) in [5.41, 5.74) is 0. The molecule has 0 radical (unpaired) electrons. The third-order valence-electron chi connectivity index (χ3n) is 1.05. The van der Waals surface area contributed by atoms with E-state index in [0.717, 1.165) is 6.42 Å². The minimum absolute atomic E-state index is 0.442. The highest BCUT2D eigenvalue weighted by Crippen LogP contribution is 2.09. The van der Waals surface area contributed by atoms with Crippen LogP contribution in [-0.4, -0.2) is 12.8 Å². The molecule has 1 fully saturated rings. The Kier molecular flexibility index (Phi) is 1.72. The van der Waals surface area contributed by atoms with Crippen molar-refractivity contribution in [2.75, 3.05) is 6.61 Å². The Balaban J connectivity index is 2.47. The Labute approximate surface area is 53.3 Å². The van der Waals surface area contributed by atoms with Crippen LogP contribution >= 0.6 is 0 Å². The molecular weight excluding hydrogens is 120 g/mol. The van der Waals surface area contributed by atoms with E-state index in [2.05, 4.69) is 16.1 Å². The minimum Gasteiger partial charge on any atom is -0.434 e. The van der Waals surface area contributed by atoms with Gasteiger partial charge < -0.3 is 9.47 Å². The number of carbonyl (C=O) groups is 1. The van der Waals surface area contributed by atoms with Gasteiger partial charge in [0.15, 0.2) is 0 Å². The Hall–Kier alpha value is -0.990. The first-order chi connectivity index (χ1) is 4.29. The second-order valence-electron chi connectivity index (χ2n) is 1.84. The van der Waals surface area contributed by atoms with Crippen LogP contribution in [0.5, 0.6) is 0 Å². The van der Waals surface area contributed by atoms with Crippen LogP contribution in [0.4, 0.5) is 4.79 Å². The van der Waals surface area contributed by atoms with Crippen LogP contribution in [0, 0.1) is 0 Å². The summed E-state index contributed by atoms with van der Waals surface area (Å²) < 4.78 is 9.11. The first kappa shape index (κ1) is 6.13. The maximum absolute atomic E-state index is 10.4. The van der Waals surface area contributed by atoms with Crippen LogP contribution in [0.15, 0.2) is 12.3 Å². The zero-order chi connectivity index (χ0) is 6.69. The SMILES string of the molecule is C=C1CCCOC(=O)O1. The summed E-state index contributed by atoms with van der Waals surface area (Å²) in [6.45, 7) is 3.94. The van der Waals surface area contributed by atoms with Gasteiger partial charge in [0.1, 0.15) is 5.76 Å².